The molecule has 0 saturated carbocycles. The number of anilines is 1. The summed E-state index contributed by atoms with van der Waals surface area (Å²) >= 11 is 6.08. The van der Waals surface area contributed by atoms with Crippen LogP contribution >= 0.6 is 11.6 Å². The summed E-state index contributed by atoms with van der Waals surface area (Å²) in [5.41, 5.74) is 1.74. The predicted molar refractivity (Wildman–Crippen MR) is 165 cm³/mol. The third kappa shape index (κ3) is 7.95. The number of hydrogen-bond acceptors (Lipinski definition) is 6. The van der Waals surface area contributed by atoms with E-state index in [4.69, 9.17) is 21.1 Å². The zero-order valence-corrected chi connectivity index (χ0v) is 26.3. The normalized spacial score (nSPS) is 12.0. The lowest BCUT2D eigenvalue weighted by Gasteiger charge is -2.34. The van der Waals surface area contributed by atoms with Crippen LogP contribution in [0.3, 0.4) is 0 Å². The van der Waals surface area contributed by atoms with E-state index < -0.39 is 28.5 Å². The molecule has 1 N–H and O–H groups in total. The first-order valence-corrected chi connectivity index (χ1v) is 15.4. The molecule has 1 unspecified atom stereocenters. The molecule has 0 bridgehead atoms. The van der Waals surface area contributed by atoms with Crippen LogP contribution in [0.15, 0.2) is 71.6 Å². The lowest BCUT2D eigenvalue weighted by molar-refractivity contribution is -0.140. The average Bonchev–Trinajstić information content (AvgIpc) is 2.96. The van der Waals surface area contributed by atoms with E-state index in [1.807, 2.05) is 20.8 Å². The second-order valence-electron chi connectivity index (χ2n) is 10.1. The first-order valence-electron chi connectivity index (χ1n) is 13.6. The minimum Gasteiger partial charge on any atom is -0.497 e. The summed E-state index contributed by atoms with van der Waals surface area (Å²) in [6.07, 6.45) is 0.311. The molecule has 3 rings (SSSR count). The average molecular weight is 616 g/mol. The minimum atomic E-state index is -4.27. The Kier molecular flexibility index (Phi) is 11.2. The van der Waals surface area contributed by atoms with Crippen molar-refractivity contribution in [2.75, 3.05) is 25.1 Å². The molecular formula is C31H38ClN3O6S. The summed E-state index contributed by atoms with van der Waals surface area (Å²) in [6.45, 7) is 6.79. The van der Waals surface area contributed by atoms with Crippen molar-refractivity contribution in [3.63, 3.8) is 0 Å². The van der Waals surface area contributed by atoms with Gasteiger partial charge in [-0.25, -0.2) is 8.42 Å². The van der Waals surface area contributed by atoms with Crippen LogP contribution in [0.2, 0.25) is 5.02 Å². The van der Waals surface area contributed by atoms with Crippen LogP contribution < -0.4 is 19.1 Å². The summed E-state index contributed by atoms with van der Waals surface area (Å²) < 4.78 is 40.2. The van der Waals surface area contributed by atoms with Crippen molar-refractivity contribution < 1.29 is 27.5 Å². The molecule has 2 amide bonds. The molecule has 0 fully saturated rings. The highest BCUT2D eigenvalue weighted by Crippen LogP contribution is 2.36. The second-order valence-corrected chi connectivity index (χ2v) is 12.4. The molecule has 0 aromatic heterocycles. The maximum Gasteiger partial charge on any atom is 0.264 e. The Morgan fingerprint density at radius 2 is 1.60 bits per heavy atom. The first-order chi connectivity index (χ1) is 19.9. The summed E-state index contributed by atoms with van der Waals surface area (Å²) in [5, 5.41) is 3.41. The molecule has 11 heteroatoms. The largest absolute Gasteiger partial charge is 0.497 e. The number of carbonyl (C=O) groups is 2. The van der Waals surface area contributed by atoms with Gasteiger partial charge in [0.15, 0.2) is 0 Å². The van der Waals surface area contributed by atoms with Gasteiger partial charge in [-0.05, 0) is 69.2 Å². The Morgan fingerprint density at radius 1 is 0.952 bits per heavy atom. The molecule has 0 aliphatic heterocycles. The van der Waals surface area contributed by atoms with Gasteiger partial charge in [-0.3, -0.25) is 13.9 Å². The molecule has 0 heterocycles. The molecule has 0 radical (unpaired) electrons. The van der Waals surface area contributed by atoms with Crippen LogP contribution in [0.5, 0.6) is 11.5 Å². The molecule has 42 heavy (non-hydrogen) atoms. The van der Waals surface area contributed by atoms with E-state index in [9.17, 15) is 18.0 Å². The predicted octanol–water partition coefficient (Wildman–Crippen LogP) is 5.19. The molecule has 226 valence electrons. The SMILES string of the molecule is CCC(C(=O)NC(C)C)N(Cc1ccc(Cl)cc1)C(=O)CN(c1cc(OC)ccc1OC)S(=O)(=O)c1ccc(C)cc1. The van der Waals surface area contributed by atoms with Gasteiger partial charge in [0.25, 0.3) is 10.0 Å². The zero-order valence-electron chi connectivity index (χ0n) is 24.8. The van der Waals surface area contributed by atoms with Crippen molar-refractivity contribution in [1.29, 1.82) is 0 Å². The standard InChI is InChI=1S/C31H38ClN3O6S/c1-7-27(31(37)33-21(2)3)34(19-23-10-12-24(32)13-11-23)30(36)20-35(28-18-25(40-5)14-17-29(28)41-6)42(38,39)26-15-8-22(4)9-16-26/h8-18,21,27H,7,19-20H2,1-6H3,(H,33,37). The fourth-order valence-corrected chi connectivity index (χ4v) is 5.97. The number of amides is 2. The summed E-state index contributed by atoms with van der Waals surface area (Å²) in [5.74, 6) is -0.297. The smallest absolute Gasteiger partial charge is 0.264 e. The van der Waals surface area contributed by atoms with Crippen molar-refractivity contribution >= 4 is 39.1 Å². The molecule has 0 saturated heterocycles. The highest BCUT2D eigenvalue weighted by Gasteiger charge is 2.35. The lowest BCUT2D eigenvalue weighted by atomic mass is 10.1. The van der Waals surface area contributed by atoms with E-state index in [1.165, 1.54) is 37.3 Å². The van der Waals surface area contributed by atoms with Gasteiger partial charge in [-0.1, -0.05) is 48.4 Å². The number of ether oxygens (including phenoxy) is 2. The number of carbonyl (C=O) groups excluding carboxylic acids is 2. The fourth-order valence-electron chi connectivity index (χ4n) is 4.43. The first kappa shape index (κ1) is 32.8. The number of aryl methyl sites for hydroxylation is 1. The fraction of sp³-hybridized carbons (Fsp3) is 0.355. The van der Waals surface area contributed by atoms with E-state index in [2.05, 4.69) is 5.32 Å². The van der Waals surface area contributed by atoms with Crippen LogP contribution in [-0.4, -0.2) is 58.0 Å². The van der Waals surface area contributed by atoms with Crippen molar-refractivity contribution in [3.05, 3.63) is 82.9 Å². The van der Waals surface area contributed by atoms with Crippen LogP contribution in [0.25, 0.3) is 0 Å². The summed E-state index contributed by atoms with van der Waals surface area (Å²) in [7, 11) is -1.40. The van der Waals surface area contributed by atoms with Crippen LogP contribution in [0.4, 0.5) is 5.69 Å². The van der Waals surface area contributed by atoms with Gasteiger partial charge in [-0.15, -0.1) is 0 Å². The maximum atomic E-state index is 14.2. The number of methoxy groups -OCH3 is 2. The second kappa shape index (κ2) is 14.4. The molecule has 9 nitrogen and oxygen atoms in total. The Hall–Kier alpha value is -3.76. The monoisotopic (exact) mass is 615 g/mol. The van der Waals surface area contributed by atoms with Gasteiger partial charge in [0.1, 0.15) is 24.1 Å². The van der Waals surface area contributed by atoms with Gasteiger partial charge in [0, 0.05) is 23.7 Å². The van der Waals surface area contributed by atoms with Crippen LogP contribution in [0.1, 0.15) is 38.3 Å². The van der Waals surface area contributed by atoms with E-state index in [0.717, 1.165) is 15.4 Å². The summed E-state index contributed by atoms with van der Waals surface area (Å²) in [4.78, 5) is 28.9. The van der Waals surface area contributed by atoms with Crippen LogP contribution in [-0.2, 0) is 26.2 Å². The van der Waals surface area contributed by atoms with Crippen molar-refractivity contribution in [2.45, 2.75) is 57.6 Å². The third-order valence-electron chi connectivity index (χ3n) is 6.63. The topological polar surface area (TPSA) is 105 Å². The van der Waals surface area contributed by atoms with Crippen molar-refractivity contribution in [3.8, 4) is 11.5 Å². The van der Waals surface area contributed by atoms with Crippen molar-refractivity contribution in [2.24, 2.45) is 0 Å². The number of rotatable bonds is 13. The number of nitrogens with one attached hydrogen (secondary N) is 1. The van der Waals surface area contributed by atoms with Gasteiger partial charge in [-0.2, -0.15) is 0 Å². The molecule has 3 aromatic rings. The lowest BCUT2D eigenvalue weighted by Crippen LogP contribution is -2.53. The molecular weight excluding hydrogens is 578 g/mol. The van der Waals surface area contributed by atoms with Gasteiger partial charge in [0.2, 0.25) is 11.8 Å². The zero-order chi connectivity index (χ0) is 31.0. The molecule has 1 atom stereocenters. The van der Waals surface area contributed by atoms with E-state index >= 15 is 0 Å². The third-order valence-corrected chi connectivity index (χ3v) is 8.65. The van der Waals surface area contributed by atoms with Gasteiger partial charge in [0.05, 0.1) is 24.8 Å². The molecule has 3 aromatic carbocycles. The summed E-state index contributed by atoms with van der Waals surface area (Å²) in [6, 6.07) is 17.0. The van der Waals surface area contributed by atoms with Crippen LogP contribution in [0, 0.1) is 6.92 Å². The number of hydrogen-bond donors (Lipinski definition) is 1. The van der Waals surface area contributed by atoms with Gasteiger partial charge >= 0.3 is 0 Å². The Balaban J connectivity index is 2.15. The van der Waals surface area contributed by atoms with Crippen molar-refractivity contribution in [1.82, 2.24) is 10.2 Å². The number of halogens is 1. The Morgan fingerprint density at radius 3 is 2.14 bits per heavy atom. The highest BCUT2D eigenvalue weighted by molar-refractivity contribution is 7.92. The Labute approximate surface area is 253 Å². The number of nitrogens with zero attached hydrogens (tertiary/aromatic N) is 2. The maximum absolute atomic E-state index is 14.2. The quantitative estimate of drug-likeness (QED) is 0.284. The number of benzene rings is 3. The van der Waals surface area contributed by atoms with E-state index in [-0.39, 0.29) is 34.8 Å². The molecule has 0 spiro atoms. The highest BCUT2D eigenvalue weighted by atomic mass is 35.5. The van der Waals surface area contributed by atoms with E-state index in [1.54, 1.807) is 55.5 Å². The number of sulfonamides is 1. The van der Waals surface area contributed by atoms with E-state index in [0.29, 0.717) is 17.2 Å². The Bertz CT molecular complexity index is 1480. The minimum absolute atomic E-state index is 0.000355. The molecule has 0 aliphatic carbocycles. The van der Waals surface area contributed by atoms with Gasteiger partial charge < -0.3 is 19.7 Å². The molecule has 0 aliphatic rings.